The maximum Gasteiger partial charge on any atom is 0.127 e. The number of nitrogens with zero attached hydrogens (tertiary/aromatic N) is 2. The molecule has 0 saturated heterocycles. The Morgan fingerprint density at radius 2 is 1.46 bits per heavy atom. The van der Waals surface area contributed by atoms with Gasteiger partial charge in [0.1, 0.15) is 5.82 Å². The predicted molar refractivity (Wildman–Crippen MR) is 113 cm³/mol. The zero-order chi connectivity index (χ0) is 18.8. The first-order chi connectivity index (χ1) is 13.9. The third-order valence-electron chi connectivity index (χ3n) is 5.45. The highest BCUT2D eigenvalue weighted by Gasteiger charge is 2.29. The topological polar surface area (TPSA) is 29.9 Å². The third-order valence-corrected chi connectivity index (χ3v) is 5.45. The van der Waals surface area contributed by atoms with Crippen molar-refractivity contribution >= 4 is 0 Å². The molecular weight excluding hydrogens is 342 g/mol. The van der Waals surface area contributed by atoms with E-state index in [9.17, 15) is 0 Å². The van der Waals surface area contributed by atoms with Crippen LogP contribution >= 0.6 is 0 Å². The van der Waals surface area contributed by atoms with Gasteiger partial charge in [-0.15, -0.1) is 0 Å². The quantitative estimate of drug-likeness (QED) is 0.540. The first-order valence-corrected chi connectivity index (χ1v) is 9.84. The maximum absolute atomic E-state index is 5.03. The average Bonchev–Trinajstić information content (AvgIpc) is 3.20. The molecule has 2 atom stereocenters. The number of rotatable bonds is 4. The SMILES string of the molecule is c1ccc(C[C@@H]2NC(c3ccccc3)Cn3cc(-c4ccccc4)nc32)cc1. The highest BCUT2D eigenvalue weighted by Crippen LogP contribution is 2.32. The Hall–Kier alpha value is -3.17. The van der Waals surface area contributed by atoms with Crippen molar-refractivity contribution in [3.05, 3.63) is 114 Å². The van der Waals surface area contributed by atoms with Gasteiger partial charge in [-0.1, -0.05) is 91.0 Å². The van der Waals surface area contributed by atoms with E-state index in [1.807, 2.05) is 6.07 Å². The minimum atomic E-state index is 0.179. The first kappa shape index (κ1) is 17.0. The highest BCUT2D eigenvalue weighted by molar-refractivity contribution is 5.58. The minimum Gasteiger partial charge on any atom is -0.331 e. The Morgan fingerprint density at radius 1 is 0.821 bits per heavy atom. The summed E-state index contributed by atoms with van der Waals surface area (Å²) >= 11 is 0. The van der Waals surface area contributed by atoms with Crippen LogP contribution in [-0.2, 0) is 13.0 Å². The molecule has 2 heterocycles. The molecule has 0 radical (unpaired) electrons. The van der Waals surface area contributed by atoms with E-state index < -0.39 is 0 Å². The number of hydrogen-bond donors (Lipinski definition) is 1. The van der Waals surface area contributed by atoms with Gasteiger partial charge in [-0.2, -0.15) is 0 Å². The summed E-state index contributed by atoms with van der Waals surface area (Å²) in [5.41, 5.74) is 4.86. The molecule has 0 amide bonds. The zero-order valence-electron chi connectivity index (χ0n) is 15.7. The van der Waals surface area contributed by atoms with Crippen LogP contribution in [0.25, 0.3) is 11.3 Å². The van der Waals surface area contributed by atoms with Gasteiger partial charge in [-0.05, 0) is 17.5 Å². The molecule has 0 aliphatic carbocycles. The minimum absolute atomic E-state index is 0.179. The van der Waals surface area contributed by atoms with Crippen LogP contribution in [0.15, 0.2) is 97.2 Å². The fraction of sp³-hybridized carbons (Fsp3) is 0.160. The van der Waals surface area contributed by atoms with Gasteiger partial charge in [0.15, 0.2) is 0 Å². The summed E-state index contributed by atoms with van der Waals surface area (Å²) in [6.45, 7) is 0.893. The molecule has 3 aromatic carbocycles. The van der Waals surface area contributed by atoms with Crippen molar-refractivity contribution < 1.29 is 0 Å². The summed E-state index contributed by atoms with van der Waals surface area (Å²) in [7, 11) is 0. The molecule has 3 heteroatoms. The van der Waals surface area contributed by atoms with Crippen LogP contribution < -0.4 is 5.32 Å². The summed E-state index contributed by atoms with van der Waals surface area (Å²) in [6, 6.07) is 32.3. The summed E-state index contributed by atoms with van der Waals surface area (Å²) in [4.78, 5) is 5.03. The Labute approximate surface area is 165 Å². The second-order valence-corrected chi connectivity index (χ2v) is 7.37. The largest absolute Gasteiger partial charge is 0.331 e. The van der Waals surface area contributed by atoms with Gasteiger partial charge in [0.05, 0.1) is 17.8 Å². The number of fused-ring (bicyclic) bond motifs is 1. The van der Waals surface area contributed by atoms with Crippen LogP contribution in [0.5, 0.6) is 0 Å². The lowest BCUT2D eigenvalue weighted by atomic mass is 9.99. The lowest BCUT2D eigenvalue weighted by Gasteiger charge is -2.32. The summed E-state index contributed by atoms with van der Waals surface area (Å²) in [6.07, 6.45) is 3.13. The van der Waals surface area contributed by atoms with Gasteiger partial charge in [-0.3, -0.25) is 5.32 Å². The van der Waals surface area contributed by atoms with Crippen molar-refractivity contribution in [2.75, 3.05) is 0 Å². The van der Waals surface area contributed by atoms with Crippen molar-refractivity contribution in [3.8, 4) is 11.3 Å². The van der Waals surface area contributed by atoms with Crippen molar-refractivity contribution in [1.82, 2.24) is 14.9 Å². The van der Waals surface area contributed by atoms with Gasteiger partial charge in [0.2, 0.25) is 0 Å². The molecule has 0 fully saturated rings. The van der Waals surface area contributed by atoms with Crippen LogP contribution in [0, 0.1) is 0 Å². The lowest BCUT2D eigenvalue weighted by molar-refractivity contribution is 0.329. The van der Waals surface area contributed by atoms with E-state index in [-0.39, 0.29) is 12.1 Å². The van der Waals surface area contributed by atoms with Crippen molar-refractivity contribution in [2.45, 2.75) is 25.0 Å². The molecule has 0 bridgehead atoms. The Bertz CT molecular complexity index is 1040. The lowest BCUT2D eigenvalue weighted by Crippen LogP contribution is -2.37. The number of nitrogens with one attached hydrogen (secondary N) is 1. The molecule has 3 nitrogen and oxygen atoms in total. The predicted octanol–water partition coefficient (Wildman–Crippen LogP) is 5.18. The average molecular weight is 365 g/mol. The second-order valence-electron chi connectivity index (χ2n) is 7.37. The van der Waals surface area contributed by atoms with E-state index in [2.05, 4.69) is 101 Å². The van der Waals surface area contributed by atoms with E-state index in [0.717, 1.165) is 24.5 Å². The van der Waals surface area contributed by atoms with Gasteiger partial charge in [0, 0.05) is 18.3 Å². The molecule has 1 unspecified atom stereocenters. The fourth-order valence-corrected chi connectivity index (χ4v) is 4.06. The van der Waals surface area contributed by atoms with Crippen molar-refractivity contribution in [2.24, 2.45) is 0 Å². The summed E-state index contributed by atoms with van der Waals surface area (Å²) in [5.74, 6) is 1.12. The number of imidazole rings is 1. The van der Waals surface area contributed by atoms with Crippen LogP contribution in [0.3, 0.4) is 0 Å². The fourth-order valence-electron chi connectivity index (χ4n) is 4.06. The van der Waals surface area contributed by atoms with E-state index in [1.165, 1.54) is 16.7 Å². The summed E-state index contributed by atoms with van der Waals surface area (Å²) < 4.78 is 2.34. The maximum atomic E-state index is 5.03. The second kappa shape index (κ2) is 7.45. The van der Waals surface area contributed by atoms with Gasteiger partial charge >= 0.3 is 0 Å². The smallest absolute Gasteiger partial charge is 0.127 e. The highest BCUT2D eigenvalue weighted by atomic mass is 15.2. The molecule has 1 aromatic heterocycles. The van der Waals surface area contributed by atoms with E-state index in [0.29, 0.717) is 0 Å². The van der Waals surface area contributed by atoms with Crippen molar-refractivity contribution in [3.63, 3.8) is 0 Å². The van der Waals surface area contributed by atoms with Crippen LogP contribution in [0.2, 0.25) is 0 Å². The number of hydrogen-bond acceptors (Lipinski definition) is 2. The normalized spacial score (nSPS) is 18.6. The molecule has 0 saturated carbocycles. The molecule has 4 aromatic rings. The molecule has 1 N–H and O–H groups in total. The van der Waals surface area contributed by atoms with Gasteiger partial charge in [0.25, 0.3) is 0 Å². The van der Waals surface area contributed by atoms with E-state index >= 15 is 0 Å². The van der Waals surface area contributed by atoms with E-state index in [1.54, 1.807) is 0 Å². The molecule has 1 aliphatic heterocycles. The van der Waals surface area contributed by atoms with Gasteiger partial charge < -0.3 is 4.57 Å². The Balaban J connectivity index is 1.53. The van der Waals surface area contributed by atoms with Crippen LogP contribution in [0.1, 0.15) is 29.0 Å². The molecule has 138 valence electrons. The zero-order valence-corrected chi connectivity index (χ0v) is 15.7. The number of aromatic nitrogens is 2. The standard InChI is InChI=1S/C25H23N3/c1-4-10-19(11-5-1)16-22-25-27-24(21-14-8-3-9-15-21)18-28(25)17-23(26-22)20-12-6-2-7-13-20/h1-15,18,22-23,26H,16-17H2/t22-,23?/m0/s1. The third kappa shape index (κ3) is 3.37. The van der Waals surface area contributed by atoms with Crippen molar-refractivity contribution in [1.29, 1.82) is 0 Å². The Morgan fingerprint density at radius 3 is 2.18 bits per heavy atom. The molecule has 28 heavy (non-hydrogen) atoms. The number of benzene rings is 3. The Kier molecular flexibility index (Phi) is 4.51. The molecular formula is C25H23N3. The van der Waals surface area contributed by atoms with Gasteiger partial charge in [-0.25, -0.2) is 4.98 Å². The molecule has 5 rings (SSSR count). The van der Waals surface area contributed by atoms with Crippen LogP contribution in [0.4, 0.5) is 0 Å². The first-order valence-electron chi connectivity index (χ1n) is 9.84. The van der Waals surface area contributed by atoms with Crippen LogP contribution in [-0.4, -0.2) is 9.55 Å². The molecule has 1 aliphatic rings. The van der Waals surface area contributed by atoms with E-state index in [4.69, 9.17) is 4.98 Å². The summed E-state index contributed by atoms with van der Waals surface area (Å²) in [5, 5.41) is 3.86. The monoisotopic (exact) mass is 365 g/mol. The molecule has 0 spiro atoms.